The highest BCUT2D eigenvalue weighted by Gasteiger charge is 2.62. The van der Waals surface area contributed by atoms with Crippen LogP contribution in [-0.2, 0) is 76.1 Å². The molecule has 508 valence electrons. The zero-order chi connectivity index (χ0) is 65.8. The van der Waals surface area contributed by atoms with Crippen LogP contribution in [0.5, 0.6) is 0 Å². The fourth-order valence-corrected chi connectivity index (χ4v) is 11.0. The maximum Gasteiger partial charge on any atom is 0.364 e. The van der Waals surface area contributed by atoms with E-state index in [1.807, 2.05) is 0 Å². The standard InChI is InChI=1S/C48H79N3O37/c1-12(57)49-23-15(60)4-47(45(74)75,86-38(23)26(64)17(62)6-52)78-11-22-29(67)37(25(51-14(3)59)42(82-22)83-36-21(10-56)81-43(33(71)31(36)69)84-35-20(9-55)79-41(73)32(70)30(35)68)85-44-34(72)40(28(66)19(8-54)80-44)88-48(46(76)77)5-16(61)24(50-13(2)58)39(87-48)27(65)18(63)7-53/h15-44,52-56,60-73H,4-11H2,1-3H3,(H,49,57)(H,50,58)(H,51,59)(H,74,75)(H,76,77)/t15-,16-,17+,18+,19+,20+,21+,22+,23+,24+,25+,26+,27+,28-,29-,30+,31+,32+,33+,34+,35-,36-,37+,38+,39+,40-,41+,42-,43-,44-,47+,48-/m0/s1. The van der Waals surface area contributed by atoms with Crippen molar-refractivity contribution in [2.75, 3.05) is 39.6 Å². The second kappa shape index (κ2) is 30.7. The van der Waals surface area contributed by atoms with E-state index in [1.54, 1.807) is 0 Å². The molecule has 40 nitrogen and oxygen atoms in total. The van der Waals surface area contributed by atoms with Gasteiger partial charge in [0.25, 0.3) is 11.6 Å². The van der Waals surface area contributed by atoms with Crippen molar-refractivity contribution >= 4 is 29.7 Å². The summed E-state index contributed by atoms with van der Waals surface area (Å²) in [6.45, 7) is -4.40. The molecular weight excluding hydrogens is 1210 g/mol. The molecule has 0 aromatic carbocycles. The third-order valence-corrected chi connectivity index (χ3v) is 15.6. The normalized spacial score (nSPS) is 44.6. The van der Waals surface area contributed by atoms with Crippen LogP contribution in [0.3, 0.4) is 0 Å². The molecule has 0 spiro atoms. The summed E-state index contributed by atoms with van der Waals surface area (Å²) in [5, 5.41) is 234. The Bertz CT molecular complexity index is 2320. The molecule has 6 heterocycles. The Morgan fingerprint density at radius 3 is 1.34 bits per heavy atom. The zero-order valence-corrected chi connectivity index (χ0v) is 46.9. The zero-order valence-electron chi connectivity index (χ0n) is 46.9. The lowest BCUT2D eigenvalue weighted by molar-refractivity contribution is -0.390. The predicted octanol–water partition coefficient (Wildman–Crippen LogP) is -15.3. The van der Waals surface area contributed by atoms with E-state index in [0.29, 0.717) is 0 Å². The van der Waals surface area contributed by atoms with E-state index >= 15 is 0 Å². The van der Waals surface area contributed by atoms with E-state index in [2.05, 4.69) is 16.0 Å². The monoisotopic (exact) mass is 1290 g/mol. The average molecular weight is 1290 g/mol. The number of aliphatic hydroxyl groups is 19. The number of hydrogen-bond acceptors (Lipinski definition) is 35. The minimum Gasteiger partial charge on any atom is -0.477 e. The van der Waals surface area contributed by atoms with Crippen molar-refractivity contribution < 1.29 is 183 Å². The molecule has 0 radical (unpaired) electrons. The van der Waals surface area contributed by atoms with Crippen LogP contribution in [0, 0.1) is 0 Å². The van der Waals surface area contributed by atoms with Crippen molar-refractivity contribution in [2.45, 2.75) is 229 Å². The number of carbonyl (C=O) groups excluding carboxylic acids is 3. The largest absolute Gasteiger partial charge is 0.477 e. The minimum atomic E-state index is -3.33. The number of carboxylic acid groups (broad SMARTS) is 2. The summed E-state index contributed by atoms with van der Waals surface area (Å²) in [5.41, 5.74) is 0. The summed E-state index contributed by atoms with van der Waals surface area (Å²) < 4.78 is 63.1. The molecule has 32 atom stereocenters. The number of hydrogen-bond donors (Lipinski definition) is 24. The predicted molar refractivity (Wildman–Crippen MR) is 268 cm³/mol. The first-order chi connectivity index (χ1) is 41.2. The molecule has 3 amide bonds. The number of aliphatic hydroxyl groups excluding tert-OH is 19. The lowest BCUT2D eigenvalue weighted by Crippen LogP contribution is -2.72. The summed E-state index contributed by atoms with van der Waals surface area (Å²) in [6.07, 6.45) is -61.6. The van der Waals surface area contributed by atoms with Gasteiger partial charge in [-0.15, -0.1) is 0 Å². The van der Waals surface area contributed by atoms with Gasteiger partial charge in [0.05, 0.1) is 63.9 Å². The van der Waals surface area contributed by atoms with Crippen molar-refractivity contribution in [2.24, 2.45) is 0 Å². The molecule has 6 aliphatic heterocycles. The minimum absolute atomic E-state index is 0.864. The quantitative estimate of drug-likeness (QED) is 0.0404. The van der Waals surface area contributed by atoms with Crippen LogP contribution in [0.25, 0.3) is 0 Å². The smallest absolute Gasteiger partial charge is 0.364 e. The second-order valence-corrected chi connectivity index (χ2v) is 21.9. The lowest BCUT2D eigenvalue weighted by atomic mass is 9.88. The molecule has 0 saturated carbocycles. The van der Waals surface area contributed by atoms with Crippen LogP contribution in [0.4, 0.5) is 0 Å². The third kappa shape index (κ3) is 15.8. The Kier molecular flexibility index (Phi) is 25.6. The van der Waals surface area contributed by atoms with Gasteiger partial charge in [-0.2, -0.15) is 0 Å². The van der Waals surface area contributed by atoms with Gasteiger partial charge < -0.3 is 175 Å². The SMILES string of the molecule is CC(=O)N[C@H]1[C@H](O[C@@H]2[C@H](O)[C@@H](O)[C@H](O[C@@H]3[C@H](O)[C@@H](O)[C@H](O)O[C@@H]3CO)O[C@@H]2CO)O[C@H](CO[C@]2(C(=O)O)C[C@H](O)[C@@H](NC(C)=O)[C@H]([C@H](O)[C@H](O)CO)O2)[C@H](O)[C@@H]1O[C@@H]1O[C@H](CO)[C@H](O)[C@H](O[C@]2(C(=O)O)C[C@H](O)[C@@H](NC(C)=O)[C@H]([C@H](O)[C@H](O)CO)O2)[C@H]1O. The summed E-state index contributed by atoms with van der Waals surface area (Å²) in [4.78, 5) is 64.0. The van der Waals surface area contributed by atoms with E-state index < -0.39 is 277 Å². The fraction of sp³-hybridized carbons (Fsp3) is 0.896. The molecular formula is C48H79N3O37. The summed E-state index contributed by atoms with van der Waals surface area (Å²) in [6, 6.07) is -5.59. The average Bonchev–Trinajstić information content (AvgIpc) is 0.821. The molecule has 6 fully saturated rings. The summed E-state index contributed by atoms with van der Waals surface area (Å²) >= 11 is 0. The number of ether oxygens (including phenoxy) is 11. The Labute approximate surface area is 496 Å². The van der Waals surface area contributed by atoms with Crippen LogP contribution >= 0.6 is 0 Å². The maximum atomic E-state index is 13.2. The maximum absolute atomic E-state index is 13.2. The van der Waals surface area contributed by atoms with Gasteiger partial charge in [0.1, 0.15) is 134 Å². The van der Waals surface area contributed by atoms with Crippen LogP contribution in [-0.4, -0.2) is 372 Å². The highest BCUT2D eigenvalue weighted by molar-refractivity contribution is 5.77. The topological polar surface area (TPSA) is 648 Å². The van der Waals surface area contributed by atoms with E-state index in [0.717, 1.165) is 20.8 Å². The summed E-state index contributed by atoms with van der Waals surface area (Å²) in [7, 11) is 0. The van der Waals surface area contributed by atoms with Gasteiger partial charge >= 0.3 is 11.9 Å². The Morgan fingerprint density at radius 1 is 0.466 bits per heavy atom. The van der Waals surface area contributed by atoms with Gasteiger partial charge in [-0.1, -0.05) is 0 Å². The number of nitrogens with one attached hydrogen (secondary N) is 3. The van der Waals surface area contributed by atoms with Crippen LogP contribution < -0.4 is 16.0 Å². The highest BCUT2D eigenvalue weighted by atomic mass is 16.8. The lowest BCUT2D eigenvalue weighted by Gasteiger charge is -2.52. The molecule has 6 saturated heterocycles. The highest BCUT2D eigenvalue weighted by Crippen LogP contribution is 2.41. The Balaban J connectivity index is 1.40. The molecule has 0 unspecified atom stereocenters. The molecule has 0 aliphatic carbocycles. The van der Waals surface area contributed by atoms with Gasteiger partial charge in [0.15, 0.2) is 25.2 Å². The van der Waals surface area contributed by atoms with Crippen molar-refractivity contribution in [3.63, 3.8) is 0 Å². The first kappa shape index (κ1) is 73.2. The van der Waals surface area contributed by atoms with E-state index in [1.165, 1.54) is 0 Å². The molecule has 88 heavy (non-hydrogen) atoms. The van der Waals surface area contributed by atoms with E-state index in [9.17, 15) is 131 Å². The number of rotatable bonds is 25. The molecule has 40 heteroatoms. The molecule has 6 rings (SSSR count). The van der Waals surface area contributed by atoms with Crippen LogP contribution in [0.15, 0.2) is 0 Å². The van der Waals surface area contributed by atoms with Gasteiger partial charge in [0.2, 0.25) is 17.7 Å². The summed E-state index contributed by atoms with van der Waals surface area (Å²) in [5.74, 6) is -13.6. The third-order valence-electron chi connectivity index (χ3n) is 15.6. The van der Waals surface area contributed by atoms with Crippen molar-refractivity contribution in [1.29, 1.82) is 0 Å². The number of aliphatic carboxylic acids is 2. The molecule has 6 aliphatic rings. The first-order valence-corrected chi connectivity index (χ1v) is 27.4. The van der Waals surface area contributed by atoms with E-state index in [-0.39, 0.29) is 0 Å². The van der Waals surface area contributed by atoms with Crippen molar-refractivity contribution in [3.05, 3.63) is 0 Å². The second-order valence-electron chi connectivity index (χ2n) is 21.9. The van der Waals surface area contributed by atoms with Gasteiger partial charge in [-0.3, -0.25) is 14.4 Å². The van der Waals surface area contributed by atoms with Gasteiger partial charge in [-0.25, -0.2) is 9.59 Å². The van der Waals surface area contributed by atoms with Crippen LogP contribution in [0.1, 0.15) is 33.6 Å². The molecule has 24 N–H and O–H groups in total. The van der Waals surface area contributed by atoms with Crippen molar-refractivity contribution in [3.8, 4) is 0 Å². The first-order valence-electron chi connectivity index (χ1n) is 27.4. The number of carboxylic acids is 2. The molecule has 0 bridgehead atoms. The van der Waals surface area contributed by atoms with Gasteiger partial charge in [-0.05, 0) is 0 Å². The Hall–Kier alpha value is -3.85. The fourth-order valence-electron chi connectivity index (χ4n) is 11.0. The number of amides is 3. The van der Waals surface area contributed by atoms with Crippen molar-refractivity contribution in [1.82, 2.24) is 16.0 Å². The molecule has 0 aromatic rings. The van der Waals surface area contributed by atoms with Gasteiger partial charge in [0, 0.05) is 33.6 Å². The Morgan fingerprint density at radius 2 is 0.864 bits per heavy atom. The van der Waals surface area contributed by atoms with Crippen LogP contribution in [0.2, 0.25) is 0 Å². The van der Waals surface area contributed by atoms with E-state index in [4.69, 9.17) is 52.1 Å². The molecule has 0 aromatic heterocycles. The number of carbonyl (C=O) groups is 5.